The summed E-state index contributed by atoms with van der Waals surface area (Å²) < 4.78 is 2.05. The predicted molar refractivity (Wildman–Crippen MR) is 116 cm³/mol. The molecule has 0 amide bonds. The highest BCUT2D eigenvalue weighted by molar-refractivity contribution is 14.0. The van der Waals surface area contributed by atoms with Gasteiger partial charge in [-0.05, 0) is 24.3 Å². The van der Waals surface area contributed by atoms with Gasteiger partial charge < -0.3 is 15.2 Å². The van der Waals surface area contributed by atoms with E-state index in [1.165, 1.54) is 4.90 Å². The number of benzene rings is 1. The predicted octanol–water partition coefficient (Wildman–Crippen LogP) is 3.07. The van der Waals surface area contributed by atoms with E-state index in [2.05, 4.69) is 37.3 Å². The molecule has 1 aromatic heterocycles. The van der Waals surface area contributed by atoms with Crippen LogP contribution in [0.25, 0.3) is 0 Å². The molecule has 25 heavy (non-hydrogen) atoms. The Morgan fingerprint density at radius 1 is 1.24 bits per heavy atom. The molecule has 0 saturated heterocycles. The topological polar surface area (TPSA) is 67.1 Å². The summed E-state index contributed by atoms with van der Waals surface area (Å²) in [6, 6.07) is 7.88. The van der Waals surface area contributed by atoms with E-state index in [0.29, 0.717) is 0 Å². The van der Waals surface area contributed by atoms with Gasteiger partial charge in [0.05, 0.1) is 0 Å². The summed E-state index contributed by atoms with van der Waals surface area (Å²) in [7, 11) is 1.78. The highest BCUT2D eigenvalue weighted by Crippen LogP contribution is 2.19. The van der Waals surface area contributed by atoms with Crippen LogP contribution in [0.15, 0.2) is 40.5 Å². The molecule has 0 radical (unpaired) electrons. The molecule has 0 aliphatic carbocycles. The number of aliphatic imine (C=N–C) groups is 1. The third kappa shape index (κ3) is 7.83. The number of aryl methyl sites for hydroxylation is 1. The van der Waals surface area contributed by atoms with E-state index < -0.39 is 0 Å². The largest absolute Gasteiger partial charge is 0.356 e. The maximum atomic E-state index is 5.88. The van der Waals surface area contributed by atoms with E-state index in [4.69, 9.17) is 11.6 Å². The van der Waals surface area contributed by atoms with E-state index >= 15 is 0 Å². The summed E-state index contributed by atoms with van der Waals surface area (Å²) in [5.74, 6) is 2.75. The lowest BCUT2D eigenvalue weighted by Crippen LogP contribution is -2.39. The minimum atomic E-state index is 0. The smallest absolute Gasteiger partial charge is 0.191 e. The summed E-state index contributed by atoms with van der Waals surface area (Å²) in [4.78, 5) is 5.44. The van der Waals surface area contributed by atoms with E-state index in [-0.39, 0.29) is 24.0 Å². The summed E-state index contributed by atoms with van der Waals surface area (Å²) in [6.07, 6.45) is 2.65. The van der Waals surface area contributed by atoms with Crippen molar-refractivity contribution in [3.8, 4) is 0 Å². The minimum absolute atomic E-state index is 0. The summed E-state index contributed by atoms with van der Waals surface area (Å²) in [5.41, 5.74) is 0. The van der Waals surface area contributed by atoms with Crippen LogP contribution in [0.1, 0.15) is 12.7 Å². The first-order valence-corrected chi connectivity index (χ1v) is 9.29. The van der Waals surface area contributed by atoms with Gasteiger partial charge in [-0.2, -0.15) is 0 Å². The Hall–Kier alpha value is -1.000. The van der Waals surface area contributed by atoms with Crippen molar-refractivity contribution in [2.75, 3.05) is 25.9 Å². The average Bonchev–Trinajstić information content (AvgIpc) is 3.06. The second-order valence-corrected chi connectivity index (χ2v) is 6.63. The Morgan fingerprint density at radius 2 is 1.96 bits per heavy atom. The molecule has 2 rings (SSSR count). The number of hydrogen-bond acceptors (Lipinski definition) is 4. The van der Waals surface area contributed by atoms with Gasteiger partial charge in [0.25, 0.3) is 0 Å². The number of aromatic nitrogens is 3. The van der Waals surface area contributed by atoms with Crippen molar-refractivity contribution in [3.05, 3.63) is 41.4 Å². The molecule has 2 aromatic rings. The molecule has 2 N–H and O–H groups in total. The second kappa shape index (κ2) is 12.4. The van der Waals surface area contributed by atoms with Crippen molar-refractivity contribution in [1.82, 2.24) is 25.4 Å². The number of hydrogen-bond donors (Lipinski definition) is 2. The monoisotopic (exact) mass is 494 g/mol. The fraction of sp³-hybridized carbons (Fsp3) is 0.438. The van der Waals surface area contributed by atoms with Crippen LogP contribution >= 0.6 is 47.3 Å². The molecule has 0 bridgehead atoms. The molecular weight excluding hydrogens is 471 g/mol. The van der Waals surface area contributed by atoms with Crippen LogP contribution in [0.2, 0.25) is 5.02 Å². The molecule has 0 atom stereocenters. The summed E-state index contributed by atoms with van der Waals surface area (Å²) >= 11 is 7.67. The fourth-order valence-corrected chi connectivity index (χ4v) is 3.02. The number of guanidine groups is 1. The molecule has 138 valence electrons. The molecule has 0 saturated carbocycles. The van der Waals surface area contributed by atoms with Crippen molar-refractivity contribution in [3.63, 3.8) is 0 Å². The van der Waals surface area contributed by atoms with Gasteiger partial charge in [-0.3, -0.25) is 4.99 Å². The number of thioether (sulfide) groups is 1. The zero-order valence-electron chi connectivity index (χ0n) is 14.4. The lowest BCUT2D eigenvalue weighted by atomic mass is 10.4. The van der Waals surface area contributed by atoms with Crippen molar-refractivity contribution in [2.45, 2.75) is 24.8 Å². The zero-order valence-corrected chi connectivity index (χ0v) is 18.3. The maximum absolute atomic E-state index is 5.88. The van der Waals surface area contributed by atoms with E-state index in [1.54, 1.807) is 25.1 Å². The van der Waals surface area contributed by atoms with Gasteiger partial charge in [0, 0.05) is 48.8 Å². The highest BCUT2D eigenvalue weighted by Gasteiger charge is 2.02. The minimum Gasteiger partial charge on any atom is -0.356 e. The fourth-order valence-electron chi connectivity index (χ4n) is 2.12. The third-order valence-corrected chi connectivity index (χ3v) is 4.62. The second-order valence-electron chi connectivity index (χ2n) is 5.02. The van der Waals surface area contributed by atoms with Gasteiger partial charge in [0.15, 0.2) is 5.96 Å². The first-order chi connectivity index (χ1) is 11.7. The van der Waals surface area contributed by atoms with Crippen molar-refractivity contribution >= 4 is 53.3 Å². The van der Waals surface area contributed by atoms with Crippen LogP contribution in [-0.4, -0.2) is 46.6 Å². The number of rotatable bonds is 8. The highest BCUT2D eigenvalue weighted by atomic mass is 127. The Labute approximate surface area is 175 Å². The van der Waals surface area contributed by atoms with Gasteiger partial charge in [-0.25, -0.2) is 0 Å². The van der Waals surface area contributed by atoms with E-state index in [9.17, 15) is 0 Å². The third-order valence-electron chi connectivity index (χ3n) is 3.36. The van der Waals surface area contributed by atoms with Gasteiger partial charge in [-0.15, -0.1) is 45.9 Å². The zero-order chi connectivity index (χ0) is 17.2. The standard InChI is InChI=1S/C16H23ClN6S.HI/c1-3-15-22-21-12-23(15)10-8-19-16(18-2)20-9-11-24-14-6-4-13(17)5-7-14;/h4-7,12H,3,8-11H2,1-2H3,(H2,18,19,20);1H. The van der Waals surface area contributed by atoms with Gasteiger partial charge in [0.2, 0.25) is 0 Å². The van der Waals surface area contributed by atoms with E-state index in [1.807, 2.05) is 24.3 Å². The van der Waals surface area contributed by atoms with Crippen LogP contribution < -0.4 is 10.6 Å². The van der Waals surface area contributed by atoms with Gasteiger partial charge in [0.1, 0.15) is 12.2 Å². The molecule has 9 heteroatoms. The normalized spacial score (nSPS) is 11.1. The molecule has 6 nitrogen and oxygen atoms in total. The molecular formula is C16H24ClIN6S. The van der Waals surface area contributed by atoms with Crippen LogP contribution in [0, 0.1) is 0 Å². The molecule has 1 heterocycles. The van der Waals surface area contributed by atoms with Crippen LogP contribution in [0.4, 0.5) is 0 Å². The molecule has 1 aromatic carbocycles. The molecule has 0 aliphatic rings. The molecule has 0 unspecified atom stereocenters. The van der Waals surface area contributed by atoms with Crippen LogP contribution in [0.5, 0.6) is 0 Å². The Kier molecular flexibility index (Phi) is 10.9. The average molecular weight is 495 g/mol. The van der Waals surface area contributed by atoms with Gasteiger partial charge >= 0.3 is 0 Å². The number of nitrogens with one attached hydrogen (secondary N) is 2. The van der Waals surface area contributed by atoms with Crippen LogP contribution in [0.3, 0.4) is 0 Å². The first kappa shape index (κ1) is 22.0. The SMILES string of the molecule is CCc1nncn1CCNC(=NC)NCCSc1ccc(Cl)cc1.I. The van der Waals surface area contributed by atoms with Crippen molar-refractivity contribution < 1.29 is 0 Å². The Balaban J connectivity index is 0.00000312. The Morgan fingerprint density at radius 3 is 2.64 bits per heavy atom. The van der Waals surface area contributed by atoms with E-state index in [0.717, 1.165) is 48.6 Å². The number of nitrogens with zero attached hydrogens (tertiary/aromatic N) is 4. The lowest BCUT2D eigenvalue weighted by molar-refractivity contribution is 0.634. The number of halogens is 2. The van der Waals surface area contributed by atoms with Crippen LogP contribution in [-0.2, 0) is 13.0 Å². The maximum Gasteiger partial charge on any atom is 0.191 e. The quantitative estimate of drug-likeness (QED) is 0.194. The summed E-state index contributed by atoms with van der Waals surface area (Å²) in [5, 5.41) is 15.4. The summed E-state index contributed by atoms with van der Waals surface area (Å²) in [6.45, 7) is 4.50. The molecule has 0 spiro atoms. The lowest BCUT2D eigenvalue weighted by Gasteiger charge is -2.12. The Bertz CT molecular complexity index is 646. The van der Waals surface area contributed by atoms with Crippen molar-refractivity contribution in [1.29, 1.82) is 0 Å². The first-order valence-electron chi connectivity index (χ1n) is 7.92. The molecule has 0 fully saturated rings. The van der Waals surface area contributed by atoms with Crippen molar-refractivity contribution in [2.24, 2.45) is 4.99 Å². The van der Waals surface area contributed by atoms with Gasteiger partial charge in [-0.1, -0.05) is 18.5 Å². The molecule has 0 aliphatic heterocycles.